The fraction of sp³-hybridized carbons (Fsp3) is 0.706. The molecule has 0 saturated carbocycles. The van der Waals surface area contributed by atoms with Crippen molar-refractivity contribution in [2.75, 3.05) is 46.9 Å². The maximum atomic E-state index is 5.58. The Morgan fingerprint density at radius 3 is 2.79 bits per heavy atom. The van der Waals surface area contributed by atoms with Crippen LogP contribution in [-0.4, -0.2) is 72.8 Å². The minimum atomic E-state index is 0. The van der Waals surface area contributed by atoms with Crippen LogP contribution >= 0.6 is 24.0 Å². The van der Waals surface area contributed by atoms with E-state index < -0.39 is 0 Å². The zero-order valence-corrected chi connectivity index (χ0v) is 17.9. The predicted octanol–water partition coefficient (Wildman–Crippen LogP) is 1.76. The highest BCUT2D eigenvalue weighted by Gasteiger charge is 2.29. The number of morpholine rings is 1. The number of aliphatic imine (C=N–C) groups is 1. The van der Waals surface area contributed by atoms with Gasteiger partial charge in [-0.2, -0.15) is 0 Å². The van der Waals surface area contributed by atoms with Gasteiger partial charge in [0.05, 0.1) is 19.8 Å². The number of ether oxygens (including phenoxy) is 1. The van der Waals surface area contributed by atoms with Gasteiger partial charge in [-0.1, -0.05) is 0 Å². The lowest BCUT2D eigenvalue weighted by Gasteiger charge is -2.42. The lowest BCUT2D eigenvalue weighted by molar-refractivity contribution is -0.0496. The molecule has 1 fully saturated rings. The Labute approximate surface area is 163 Å². The molecule has 6 nitrogen and oxygen atoms in total. The summed E-state index contributed by atoms with van der Waals surface area (Å²) in [7, 11) is 5.98. The van der Waals surface area contributed by atoms with E-state index in [4.69, 9.17) is 4.74 Å². The van der Waals surface area contributed by atoms with Crippen molar-refractivity contribution in [3.05, 3.63) is 24.0 Å². The summed E-state index contributed by atoms with van der Waals surface area (Å²) in [6.45, 7) is 9.81. The van der Waals surface area contributed by atoms with E-state index in [1.807, 2.05) is 7.05 Å². The molecule has 0 spiro atoms. The van der Waals surface area contributed by atoms with Crippen LogP contribution in [0.25, 0.3) is 0 Å². The Bertz CT molecular complexity index is 529. The Morgan fingerprint density at radius 1 is 1.46 bits per heavy atom. The molecule has 1 N–H and O–H groups in total. The van der Waals surface area contributed by atoms with Crippen molar-refractivity contribution < 1.29 is 4.74 Å². The Kier molecular flexibility index (Phi) is 8.52. The minimum Gasteiger partial charge on any atom is -0.378 e. The number of nitrogens with one attached hydrogen (secondary N) is 1. The van der Waals surface area contributed by atoms with Gasteiger partial charge in [-0.05, 0) is 26.0 Å². The molecule has 0 aliphatic carbocycles. The van der Waals surface area contributed by atoms with Crippen molar-refractivity contribution in [3.63, 3.8) is 0 Å². The Balaban J connectivity index is 0.00000288. The maximum Gasteiger partial charge on any atom is 0.193 e. The van der Waals surface area contributed by atoms with Crippen LogP contribution in [0.1, 0.15) is 19.5 Å². The summed E-state index contributed by atoms with van der Waals surface area (Å²) in [5, 5.41) is 3.47. The summed E-state index contributed by atoms with van der Waals surface area (Å²) in [5.41, 5.74) is 1.38. The molecule has 7 heteroatoms. The summed E-state index contributed by atoms with van der Waals surface area (Å²) in [6, 6.07) is 4.21. The molecule has 0 unspecified atom stereocenters. The van der Waals surface area contributed by atoms with Crippen molar-refractivity contribution in [3.8, 4) is 0 Å². The molecular formula is C17H32IN5O. The molecule has 1 aromatic rings. The van der Waals surface area contributed by atoms with Crippen molar-refractivity contribution in [1.29, 1.82) is 0 Å². The van der Waals surface area contributed by atoms with Crippen molar-refractivity contribution in [2.24, 2.45) is 12.0 Å². The van der Waals surface area contributed by atoms with E-state index in [0.29, 0.717) is 0 Å². The van der Waals surface area contributed by atoms with Crippen LogP contribution in [-0.2, 0) is 18.3 Å². The second-order valence-corrected chi connectivity index (χ2v) is 6.79. The Hall–Kier alpha value is -0.800. The molecule has 24 heavy (non-hydrogen) atoms. The third-order valence-electron chi connectivity index (χ3n) is 4.51. The summed E-state index contributed by atoms with van der Waals surface area (Å²) in [5.74, 6) is 0.928. The molecule has 1 aliphatic rings. The number of aryl methyl sites for hydroxylation is 1. The molecule has 138 valence electrons. The monoisotopic (exact) mass is 449 g/mol. The highest BCUT2D eigenvalue weighted by Crippen LogP contribution is 2.17. The molecule has 0 atom stereocenters. The first-order valence-electron chi connectivity index (χ1n) is 8.29. The van der Waals surface area contributed by atoms with Gasteiger partial charge in [-0.25, -0.2) is 0 Å². The lowest BCUT2D eigenvalue weighted by Crippen LogP contribution is -2.55. The minimum absolute atomic E-state index is 0. The van der Waals surface area contributed by atoms with Gasteiger partial charge in [-0.15, -0.1) is 24.0 Å². The van der Waals surface area contributed by atoms with Crippen LogP contribution < -0.4 is 5.32 Å². The van der Waals surface area contributed by atoms with Gasteiger partial charge in [0, 0.05) is 58.2 Å². The van der Waals surface area contributed by atoms with Gasteiger partial charge in [0.25, 0.3) is 0 Å². The smallest absolute Gasteiger partial charge is 0.193 e. The average Bonchev–Trinajstić information content (AvgIpc) is 2.90. The molecule has 0 aromatic carbocycles. The molecule has 0 bridgehead atoms. The van der Waals surface area contributed by atoms with E-state index in [2.05, 4.69) is 70.9 Å². The van der Waals surface area contributed by atoms with Crippen molar-refractivity contribution >= 4 is 29.9 Å². The normalized spacial score (nSPS) is 18.1. The maximum absolute atomic E-state index is 5.58. The van der Waals surface area contributed by atoms with Crippen LogP contribution in [0.2, 0.25) is 0 Å². The second-order valence-electron chi connectivity index (χ2n) is 6.79. The highest BCUT2D eigenvalue weighted by molar-refractivity contribution is 14.0. The van der Waals surface area contributed by atoms with E-state index in [1.54, 1.807) is 0 Å². The number of hydrogen-bond donors (Lipinski definition) is 1. The van der Waals surface area contributed by atoms with Gasteiger partial charge in [0.1, 0.15) is 0 Å². The number of hydrogen-bond acceptors (Lipinski definition) is 3. The van der Waals surface area contributed by atoms with Gasteiger partial charge >= 0.3 is 0 Å². The SMILES string of the molecule is CN=C(NCCN1CCOCC1(C)C)N(C)Cc1cccn1C.I. The van der Waals surface area contributed by atoms with E-state index >= 15 is 0 Å². The zero-order valence-electron chi connectivity index (χ0n) is 15.6. The molecule has 2 rings (SSSR count). The van der Waals surface area contributed by atoms with Crippen LogP contribution in [0.3, 0.4) is 0 Å². The van der Waals surface area contributed by atoms with Gasteiger partial charge in [0.15, 0.2) is 5.96 Å². The number of halogens is 1. The summed E-state index contributed by atoms with van der Waals surface area (Å²) in [4.78, 5) is 9.03. The summed E-state index contributed by atoms with van der Waals surface area (Å²) >= 11 is 0. The number of rotatable bonds is 5. The first-order chi connectivity index (χ1) is 10.9. The van der Waals surface area contributed by atoms with Gasteiger partial charge in [0.2, 0.25) is 0 Å². The zero-order chi connectivity index (χ0) is 16.9. The van der Waals surface area contributed by atoms with Crippen LogP contribution in [0, 0.1) is 0 Å². The molecule has 1 aromatic heterocycles. The topological polar surface area (TPSA) is 45.0 Å². The average molecular weight is 449 g/mol. The van der Waals surface area contributed by atoms with Crippen LogP contribution in [0.15, 0.2) is 23.3 Å². The lowest BCUT2D eigenvalue weighted by atomic mass is 10.0. The largest absolute Gasteiger partial charge is 0.378 e. The van der Waals surface area contributed by atoms with Crippen LogP contribution in [0.5, 0.6) is 0 Å². The fourth-order valence-electron chi connectivity index (χ4n) is 2.97. The second kappa shape index (κ2) is 9.62. The summed E-state index contributed by atoms with van der Waals surface area (Å²) < 4.78 is 7.71. The van der Waals surface area contributed by atoms with Crippen LogP contribution in [0.4, 0.5) is 0 Å². The van der Waals surface area contributed by atoms with Gasteiger partial charge < -0.3 is 19.5 Å². The molecule has 2 heterocycles. The third-order valence-corrected chi connectivity index (χ3v) is 4.51. The summed E-state index contributed by atoms with van der Waals surface area (Å²) in [6.07, 6.45) is 2.07. The van der Waals surface area contributed by atoms with Crippen molar-refractivity contribution in [2.45, 2.75) is 25.9 Å². The van der Waals surface area contributed by atoms with E-state index in [-0.39, 0.29) is 29.5 Å². The third kappa shape index (κ3) is 5.63. The molecule has 1 aliphatic heterocycles. The molecule has 0 amide bonds. The van der Waals surface area contributed by atoms with Gasteiger partial charge in [-0.3, -0.25) is 9.89 Å². The van der Waals surface area contributed by atoms with E-state index in [1.165, 1.54) is 5.69 Å². The first-order valence-corrected chi connectivity index (χ1v) is 8.29. The first kappa shape index (κ1) is 21.2. The highest BCUT2D eigenvalue weighted by atomic mass is 127. The number of aromatic nitrogens is 1. The van der Waals surface area contributed by atoms with E-state index in [9.17, 15) is 0 Å². The fourth-order valence-corrected chi connectivity index (χ4v) is 2.97. The Morgan fingerprint density at radius 2 is 2.21 bits per heavy atom. The van der Waals surface area contributed by atoms with Crippen molar-refractivity contribution in [1.82, 2.24) is 19.7 Å². The van der Waals surface area contributed by atoms with E-state index in [0.717, 1.165) is 45.4 Å². The number of nitrogens with zero attached hydrogens (tertiary/aromatic N) is 4. The molecule has 1 saturated heterocycles. The molecular weight excluding hydrogens is 417 g/mol. The standard InChI is InChI=1S/C17H31N5O.HI/c1-17(2)14-23-12-11-22(17)10-8-19-16(18-3)21(5)13-15-7-6-9-20(15)4;/h6-7,9H,8,10-14H2,1-5H3,(H,18,19);1H. The quantitative estimate of drug-likeness (QED) is 0.423. The predicted molar refractivity (Wildman–Crippen MR) is 110 cm³/mol. The molecule has 0 radical (unpaired) electrons. The number of guanidine groups is 1.